The third-order valence-corrected chi connectivity index (χ3v) is 4.78. The summed E-state index contributed by atoms with van der Waals surface area (Å²) >= 11 is 0. The van der Waals surface area contributed by atoms with Gasteiger partial charge in [0.1, 0.15) is 0 Å². The van der Waals surface area contributed by atoms with Gasteiger partial charge in [0.25, 0.3) is 5.91 Å². The van der Waals surface area contributed by atoms with Crippen LogP contribution in [-0.2, 0) is 4.74 Å². The summed E-state index contributed by atoms with van der Waals surface area (Å²) in [6.07, 6.45) is 2.70. The lowest BCUT2D eigenvalue weighted by molar-refractivity contribution is 0.0432. The van der Waals surface area contributed by atoms with Crippen LogP contribution in [0, 0.1) is 0 Å². The van der Waals surface area contributed by atoms with E-state index in [9.17, 15) is 4.79 Å². The molecule has 1 unspecified atom stereocenters. The van der Waals surface area contributed by atoms with Crippen molar-refractivity contribution < 1.29 is 19.0 Å². The molecule has 0 aromatic heterocycles. The van der Waals surface area contributed by atoms with E-state index in [1.54, 1.807) is 32.4 Å². The summed E-state index contributed by atoms with van der Waals surface area (Å²) in [4.78, 5) is 17.0. The van der Waals surface area contributed by atoms with Crippen LogP contribution in [-0.4, -0.2) is 75.4 Å². The van der Waals surface area contributed by atoms with E-state index < -0.39 is 0 Å². The summed E-state index contributed by atoms with van der Waals surface area (Å²) in [5.74, 6) is 1.27. The smallest absolute Gasteiger partial charge is 0.254 e. The Hall–Kier alpha value is -1.79. The number of methoxy groups -OCH3 is 2. The van der Waals surface area contributed by atoms with Gasteiger partial charge in [0.05, 0.1) is 20.3 Å². The predicted molar refractivity (Wildman–Crippen MR) is 90.9 cm³/mol. The van der Waals surface area contributed by atoms with Crippen LogP contribution in [0.4, 0.5) is 0 Å². The first-order chi connectivity index (χ1) is 11.7. The molecule has 2 aliphatic rings. The highest BCUT2D eigenvalue weighted by atomic mass is 16.5. The largest absolute Gasteiger partial charge is 0.493 e. The fraction of sp³-hybridized carbons (Fsp3) is 0.611. The minimum atomic E-state index is 0.0488. The molecule has 0 aliphatic carbocycles. The molecule has 0 spiro atoms. The average molecular weight is 334 g/mol. The molecular weight excluding hydrogens is 308 g/mol. The lowest BCUT2D eigenvalue weighted by atomic mass is 10.1. The number of nitrogens with zero attached hydrogens (tertiary/aromatic N) is 2. The van der Waals surface area contributed by atoms with E-state index >= 15 is 0 Å². The first kappa shape index (κ1) is 17.0. The van der Waals surface area contributed by atoms with Gasteiger partial charge >= 0.3 is 0 Å². The molecule has 3 rings (SSSR count). The van der Waals surface area contributed by atoms with Gasteiger partial charge in [0.2, 0.25) is 0 Å². The molecule has 6 heteroatoms. The summed E-state index contributed by atoms with van der Waals surface area (Å²) in [6.45, 7) is 5.18. The quantitative estimate of drug-likeness (QED) is 0.819. The van der Waals surface area contributed by atoms with Crippen LogP contribution in [0.15, 0.2) is 18.2 Å². The Morgan fingerprint density at radius 2 is 1.92 bits per heavy atom. The van der Waals surface area contributed by atoms with E-state index in [0.717, 1.165) is 45.8 Å². The average Bonchev–Trinajstić information content (AvgIpc) is 3.14. The molecule has 0 radical (unpaired) electrons. The monoisotopic (exact) mass is 334 g/mol. The van der Waals surface area contributed by atoms with Crippen LogP contribution < -0.4 is 9.47 Å². The van der Waals surface area contributed by atoms with Gasteiger partial charge in [-0.15, -0.1) is 0 Å². The highest BCUT2D eigenvalue weighted by molar-refractivity contribution is 5.95. The second-order valence-corrected chi connectivity index (χ2v) is 6.30. The Morgan fingerprint density at radius 3 is 2.54 bits per heavy atom. The first-order valence-electron chi connectivity index (χ1n) is 8.56. The van der Waals surface area contributed by atoms with Gasteiger partial charge in [-0.1, -0.05) is 0 Å². The highest BCUT2D eigenvalue weighted by Crippen LogP contribution is 2.28. The molecule has 1 aromatic rings. The van der Waals surface area contributed by atoms with Crippen molar-refractivity contribution in [1.82, 2.24) is 9.80 Å². The first-order valence-corrected chi connectivity index (χ1v) is 8.56. The Bertz CT molecular complexity index is 564. The summed E-state index contributed by atoms with van der Waals surface area (Å²) in [5.41, 5.74) is 0.639. The Labute approximate surface area is 143 Å². The summed E-state index contributed by atoms with van der Waals surface area (Å²) < 4.78 is 16.2. The lowest BCUT2D eigenvalue weighted by Crippen LogP contribution is -2.50. The van der Waals surface area contributed by atoms with Crippen molar-refractivity contribution in [3.63, 3.8) is 0 Å². The molecule has 2 fully saturated rings. The maximum absolute atomic E-state index is 12.7. The fourth-order valence-electron chi connectivity index (χ4n) is 3.36. The number of hydrogen-bond acceptors (Lipinski definition) is 5. The van der Waals surface area contributed by atoms with Crippen molar-refractivity contribution in [2.45, 2.75) is 18.9 Å². The van der Waals surface area contributed by atoms with E-state index in [-0.39, 0.29) is 5.91 Å². The van der Waals surface area contributed by atoms with Crippen molar-refractivity contribution in [1.29, 1.82) is 0 Å². The van der Waals surface area contributed by atoms with Crippen molar-refractivity contribution in [3.8, 4) is 11.5 Å². The van der Waals surface area contributed by atoms with Crippen molar-refractivity contribution >= 4 is 5.91 Å². The zero-order valence-electron chi connectivity index (χ0n) is 14.5. The standard InChI is InChI=1S/C18H26N2O4/c1-22-16-6-5-14(12-17(16)23-2)18(21)20-9-7-19(8-10-20)13-15-4-3-11-24-15/h5-6,12,15H,3-4,7-11,13H2,1-2H3. The molecule has 1 amide bonds. The maximum atomic E-state index is 12.7. The molecule has 1 atom stereocenters. The fourth-order valence-corrected chi connectivity index (χ4v) is 3.36. The number of amides is 1. The maximum Gasteiger partial charge on any atom is 0.254 e. The van der Waals surface area contributed by atoms with Crippen LogP contribution in [0.2, 0.25) is 0 Å². The van der Waals surface area contributed by atoms with Crippen LogP contribution in [0.1, 0.15) is 23.2 Å². The van der Waals surface area contributed by atoms with Gasteiger partial charge < -0.3 is 19.1 Å². The van der Waals surface area contributed by atoms with Gasteiger partial charge in [-0.3, -0.25) is 9.69 Å². The molecule has 2 saturated heterocycles. The normalized spacial score (nSPS) is 21.8. The number of benzene rings is 1. The van der Waals surface area contributed by atoms with E-state index in [0.29, 0.717) is 23.2 Å². The topological polar surface area (TPSA) is 51.2 Å². The third-order valence-electron chi connectivity index (χ3n) is 4.78. The van der Waals surface area contributed by atoms with Gasteiger partial charge in [-0.05, 0) is 31.0 Å². The highest BCUT2D eigenvalue weighted by Gasteiger charge is 2.25. The predicted octanol–water partition coefficient (Wildman–Crippen LogP) is 1.64. The third kappa shape index (κ3) is 3.82. The lowest BCUT2D eigenvalue weighted by Gasteiger charge is -2.35. The van der Waals surface area contributed by atoms with Crippen LogP contribution in [0.25, 0.3) is 0 Å². The molecule has 24 heavy (non-hydrogen) atoms. The van der Waals surface area contributed by atoms with Gasteiger partial charge in [-0.25, -0.2) is 0 Å². The SMILES string of the molecule is COc1ccc(C(=O)N2CCN(CC3CCCO3)CC2)cc1OC. The molecule has 0 N–H and O–H groups in total. The molecule has 132 valence electrons. The number of carbonyl (C=O) groups is 1. The molecule has 2 aliphatic heterocycles. The molecule has 0 saturated carbocycles. The van der Waals surface area contributed by atoms with Crippen molar-refractivity contribution in [3.05, 3.63) is 23.8 Å². The van der Waals surface area contributed by atoms with Gasteiger partial charge in [0, 0.05) is 44.9 Å². The van der Waals surface area contributed by atoms with Crippen LogP contribution in [0.3, 0.4) is 0 Å². The number of hydrogen-bond donors (Lipinski definition) is 0. The Balaban J connectivity index is 1.56. The van der Waals surface area contributed by atoms with Crippen molar-refractivity contribution in [2.24, 2.45) is 0 Å². The Kier molecular flexibility index (Phi) is 5.58. The molecule has 0 bridgehead atoms. The summed E-state index contributed by atoms with van der Waals surface area (Å²) in [7, 11) is 3.17. The van der Waals surface area contributed by atoms with Gasteiger partial charge in [-0.2, -0.15) is 0 Å². The van der Waals surface area contributed by atoms with E-state index in [2.05, 4.69) is 4.90 Å². The van der Waals surface area contributed by atoms with E-state index in [4.69, 9.17) is 14.2 Å². The zero-order valence-corrected chi connectivity index (χ0v) is 14.5. The minimum absolute atomic E-state index is 0.0488. The van der Waals surface area contributed by atoms with Gasteiger partial charge in [0.15, 0.2) is 11.5 Å². The number of rotatable bonds is 5. The second-order valence-electron chi connectivity index (χ2n) is 6.30. The van der Waals surface area contributed by atoms with Crippen LogP contribution >= 0.6 is 0 Å². The van der Waals surface area contributed by atoms with E-state index in [1.165, 1.54) is 6.42 Å². The molecule has 1 aromatic carbocycles. The molecular formula is C18H26N2O4. The summed E-state index contributed by atoms with van der Waals surface area (Å²) in [6, 6.07) is 5.32. The Morgan fingerprint density at radius 1 is 1.17 bits per heavy atom. The molecule has 2 heterocycles. The van der Waals surface area contributed by atoms with Crippen molar-refractivity contribution in [2.75, 3.05) is 53.6 Å². The summed E-state index contributed by atoms with van der Waals surface area (Å²) in [5, 5.41) is 0. The van der Waals surface area contributed by atoms with E-state index in [1.807, 2.05) is 4.90 Å². The number of carbonyl (C=O) groups excluding carboxylic acids is 1. The second kappa shape index (κ2) is 7.85. The molecule has 6 nitrogen and oxygen atoms in total. The number of piperazine rings is 1. The number of ether oxygens (including phenoxy) is 3. The zero-order chi connectivity index (χ0) is 16.9. The van der Waals surface area contributed by atoms with Crippen LogP contribution in [0.5, 0.6) is 11.5 Å². The minimum Gasteiger partial charge on any atom is -0.493 e.